The molecule has 0 saturated heterocycles. The van der Waals surface area contributed by atoms with Crippen molar-refractivity contribution in [2.75, 3.05) is 18.1 Å². The highest BCUT2D eigenvalue weighted by molar-refractivity contribution is 7.39. The average Bonchev–Trinajstić information content (AvgIpc) is 2.88. The van der Waals surface area contributed by atoms with E-state index in [1.54, 1.807) is 12.1 Å². The fourth-order valence-electron chi connectivity index (χ4n) is 3.71. The first-order valence-corrected chi connectivity index (χ1v) is 13.5. The maximum absolute atomic E-state index is 12.6. The van der Waals surface area contributed by atoms with Crippen molar-refractivity contribution in [1.29, 1.82) is 0 Å². The standard InChI is InChI=1S/C29H32NO5P/c1-22(2)19-26(29(32)34-20-24-9-5-3-6-10-24)21-36(33)35-18-17-23-13-15-27(16-14-23)30-28(31)25-11-7-4-8-12-25/h3-16,22,26H,17-21H2,1-2H3/p+1. The van der Waals surface area contributed by atoms with E-state index < -0.39 is 13.9 Å². The molecule has 0 heterocycles. The van der Waals surface area contributed by atoms with E-state index in [-0.39, 0.29) is 37.2 Å². The number of esters is 1. The van der Waals surface area contributed by atoms with Crippen LogP contribution in [-0.2, 0) is 31.6 Å². The summed E-state index contributed by atoms with van der Waals surface area (Å²) in [6.45, 7) is 4.53. The highest BCUT2D eigenvalue weighted by Crippen LogP contribution is 2.30. The third kappa shape index (κ3) is 9.37. The molecule has 1 N–H and O–H groups in total. The van der Waals surface area contributed by atoms with Crippen LogP contribution < -0.4 is 5.32 Å². The Morgan fingerprint density at radius 2 is 1.50 bits per heavy atom. The fraction of sp³-hybridized carbons (Fsp3) is 0.310. The summed E-state index contributed by atoms with van der Waals surface area (Å²) in [7, 11) is -2.00. The Morgan fingerprint density at radius 3 is 2.14 bits per heavy atom. The number of hydrogen-bond donors (Lipinski definition) is 1. The fourth-order valence-corrected chi connectivity index (χ4v) is 4.76. The lowest BCUT2D eigenvalue weighted by atomic mass is 9.99. The van der Waals surface area contributed by atoms with E-state index in [1.807, 2.05) is 86.6 Å². The largest absolute Gasteiger partial charge is 0.508 e. The molecule has 6 nitrogen and oxygen atoms in total. The predicted molar refractivity (Wildman–Crippen MR) is 142 cm³/mol. The van der Waals surface area contributed by atoms with Crippen LogP contribution >= 0.6 is 8.03 Å². The van der Waals surface area contributed by atoms with E-state index in [2.05, 4.69) is 5.32 Å². The second-order valence-corrected chi connectivity index (χ2v) is 10.3. The third-order valence-electron chi connectivity index (χ3n) is 5.56. The Morgan fingerprint density at radius 1 is 0.861 bits per heavy atom. The minimum absolute atomic E-state index is 0.144. The molecule has 0 aromatic heterocycles. The van der Waals surface area contributed by atoms with Gasteiger partial charge in [-0.05, 0) is 52.3 Å². The molecule has 0 aliphatic rings. The van der Waals surface area contributed by atoms with Crippen LogP contribution in [0, 0.1) is 11.8 Å². The molecule has 0 aliphatic carbocycles. The van der Waals surface area contributed by atoms with Crippen molar-refractivity contribution in [2.45, 2.75) is 33.3 Å². The van der Waals surface area contributed by atoms with Crippen LogP contribution in [0.25, 0.3) is 0 Å². The minimum Gasteiger partial charge on any atom is -0.460 e. The first-order valence-electron chi connectivity index (χ1n) is 12.1. The molecule has 0 fully saturated rings. The average molecular weight is 507 g/mol. The number of hydrogen-bond acceptors (Lipinski definition) is 5. The van der Waals surface area contributed by atoms with Gasteiger partial charge in [-0.15, -0.1) is 4.52 Å². The Kier molecular flexibility index (Phi) is 10.8. The van der Waals surface area contributed by atoms with Gasteiger partial charge in [0.05, 0.1) is 0 Å². The van der Waals surface area contributed by atoms with E-state index >= 15 is 0 Å². The van der Waals surface area contributed by atoms with Gasteiger partial charge in [-0.3, -0.25) is 9.59 Å². The van der Waals surface area contributed by atoms with Crippen LogP contribution in [0.2, 0.25) is 0 Å². The van der Waals surface area contributed by atoms with Crippen molar-refractivity contribution < 1.29 is 23.4 Å². The lowest BCUT2D eigenvalue weighted by Gasteiger charge is -2.14. The van der Waals surface area contributed by atoms with Crippen molar-refractivity contribution in [1.82, 2.24) is 0 Å². The van der Waals surface area contributed by atoms with Gasteiger partial charge in [-0.25, -0.2) is 0 Å². The second kappa shape index (κ2) is 14.3. The van der Waals surface area contributed by atoms with Crippen molar-refractivity contribution in [3.05, 3.63) is 102 Å². The van der Waals surface area contributed by atoms with Crippen LogP contribution in [0.5, 0.6) is 0 Å². The van der Waals surface area contributed by atoms with Gasteiger partial charge in [-0.1, -0.05) is 74.5 Å². The van der Waals surface area contributed by atoms with Gasteiger partial charge in [0.25, 0.3) is 5.91 Å². The highest BCUT2D eigenvalue weighted by Gasteiger charge is 2.32. The maximum Gasteiger partial charge on any atom is 0.508 e. The smallest absolute Gasteiger partial charge is 0.460 e. The summed E-state index contributed by atoms with van der Waals surface area (Å²) >= 11 is 0. The van der Waals surface area contributed by atoms with Crippen molar-refractivity contribution in [3.8, 4) is 0 Å². The van der Waals surface area contributed by atoms with Gasteiger partial charge in [0.1, 0.15) is 19.1 Å². The zero-order valence-corrected chi connectivity index (χ0v) is 21.7. The van der Waals surface area contributed by atoms with Crippen LogP contribution in [0.4, 0.5) is 5.69 Å². The normalized spacial score (nSPS) is 12.1. The van der Waals surface area contributed by atoms with Crippen LogP contribution in [0.15, 0.2) is 84.9 Å². The van der Waals surface area contributed by atoms with E-state index in [4.69, 9.17) is 9.26 Å². The molecule has 1 amide bonds. The SMILES string of the molecule is CC(C)CC(C[P+](=O)OCCc1ccc(NC(=O)c2ccccc2)cc1)C(=O)OCc1ccccc1. The van der Waals surface area contributed by atoms with Crippen LogP contribution in [0.3, 0.4) is 0 Å². The van der Waals surface area contributed by atoms with Crippen LogP contribution in [-0.4, -0.2) is 24.6 Å². The monoisotopic (exact) mass is 506 g/mol. The van der Waals surface area contributed by atoms with Crippen molar-refractivity contribution in [3.63, 3.8) is 0 Å². The summed E-state index contributed by atoms with van der Waals surface area (Å²) < 4.78 is 23.6. The molecule has 0 aliphatic heterocycles. The zero-order chi connectivity index (χ0) is 25.8. The molecule has 0 spiro atoms. The number of carbonyl (C=O) groups excluding carboxylic acids is 2. The first-order chi connectivity index (χ1) is 17.4. The van der Waals surface area contributed by atoms with Gasteiger partial charge >= 0.3 is 14.0 Å². The summed E-state index contributed by atoms with van der Waals surface area (Å²) in [6.07, 6.45) is 1.31. The number of amides is 1. The van der Waals surface area contributed by atoms with Gasteiger partial charge in [0.15, 0.2) is 6.16 Å². The molecule has 7 heteroatoms. The van der Waals surface area contributed by atoms with E-state index in [1.165, 1.54) is 0 Å². The molecule has 36 heavy (non-hydrogen) atoms. The predicted octanol–water partition coefficient (Wildman–Crippen LogP) is 6.65. The summed E-state index contributed by atoms with van der Waals surface area (Å²) in [6, 6.07) is 26.0. The zero-order valence-electron chi connectivity index (χ0n) is 20.8. The Balaban J connectivity index is 1.43. The van der Waals surface area contributed by atoms with E-state index in [0.717, 1.165) is 11.1 Å². The number of benzene rings is 3. The summed E-state index contributed by atoms with van der Waals surface area (Å²) in [5.41, 5.74) is 3.21. The van der Waals surface area contributed by atoms with Gasteiger partial charge in [-0.2, -0.15) is 0 Å². The number of nitrogens with one attached hydrogen (secondary N) is 1. The van der Waals surface area contributed by atoms with Gasteiger partial charge in [0, 0.05) is 17.7 Å². The maximum atomic E-state index is 12.6. The van der Waals surface area contributed by atoms with Crippen molar-refractivity contribution in [2.24, 2.45) is 11.8 Å². The lowest BCUT2D eigenvalue weighted by molar-refractivity contribution is -0.149. The molecule has 0 bridgehead atoms. The van der Waals surface area contributed by atoms with Crippen LogP contribution in [0.1, 0.15) is 41.8 Å². The number of carbonyl (C=O) groups is 2. The molecule has 3 aromatic carbocycles. The molecule has 0 radical (unpaired) electrons. The Bertz CT molecular complexity index is 1120. The summed E-state index contributed by atoms with van der Waals surface area (Å²) in [4.78, 5) is 24.9. The Labute approximate surface area is 213 Å². The van der Waals surface area contributed by atoms with E-state index in [0.29, 0.717) is 24.1 Å². The quantitative estimate of drug-likeness (QED) is 0.207. The van der Waals surface area contributed by atoms with Gasteiger partial charge < -0.3 is 10.1 Å². The number of ether oxygens (including phenoxy) is 1. The molecule has 0 saturated carbocycles. The van der Waals surface area contributed by atoms with Crippen molar-refractivity contribution >= 4 is 25.6 Å². The lowest BCUT2D eigenvalue weighted by Crippen LogP contribution is -2.22. The molecular weight excluding hydrogens is 473 g/mol. The molecule has 2 unspecified atom stereocenters. The summed E-state index contributed by atoms with van der Waals surface area (Å²) in [5.74, 6) is -0.706. The molecule has 2 atom stereocenters. The van der Waals surface area contributed by atoms with E-state index in [9.17, 15) is 14.2 Å². The first kappa shape index (κ1) is 27.3. The molecular formula is C29H33NO5P+. The highest BCUT2D eigenvalue weighted by atomic mass is 31.1. The number of anilines is 1. The third-order valence-corrected chi connectivity index (χ3v) is 6.77. The molecule has 188 valence electrons. The molecule has 3 aromatic rings. The Hall–Kier alpha value is -3.34. The van der Waals surface area contributed by atoms with Gasteiger partial charge in [0.2, 0.25) is 0 Å². The second-order valence-electron chi connectivity index (χ2n) is 9.04. The molecule has 3 rings (SSSR count). The minimum atomic E-state index is -2.00. The summed E-state index contributed by atoms with van der Waals surface area (Å²) in [5, 5.41) is 2.87. The topological polar surface area (TPSA) is 81.7 Å². The number of rotatable bonds is 13.